The van der Waals surface area contributed by atoms with E-state index in [4.69, 9.17) is 5.11 Å². The molecule has 0 fully saturated rings. The van der Waals surface area contributed by atoms with Gasteiger partial charge in [0.1, 0.15) is 6.04 Å². The van der Waals surface area contributed by atoms with E-state index in [2.05, 4.69) is 28.1 Å². The number of nitrogens with one attached hydrogen (secondary N) is 3. The molecule has 0 radical (unpaired) electrons. The molecule has 24 heavy (non-hydrogen) atoms. The van der Waals surface area contributed by atoms with Crippen LogP contribution in [0, 0.1) is 0 Å². The van der Waals surface area contributed by atoms with E-state index in [1.807, 2.05) is 0 Å². The van der Waals surface area contributed by atoms with Crippen LogP contribution in [0.1, 0.15) is 57.8 Å². The fraction of sp³-hybridized carbons (Fsp3) is 0.706. The van der Waals surface area contributed by atoms with E-state index >= 15 is 0 Å². The van der Waals surface area contributed by atoms with Crippen molar-refractivity contribution >= 4 is 17.9 Å². The maximum absolute atomic E-state index is 12.1. The Morgan fingerprint density at radius 3 is 2.46 bits per heavy atom. The minimum absolute atomic E-state index is 0.129. The number of amides is 3. The first-order chi connectivity index (χ1) is 11.6. The van der Waals surface area contributed by atoms with Gasteiger partial charge < -0.3 is 21.1 Å². The monoisotopic (exact) mass is 339 g/mol. The summed E-state index contributed by atoms with van der Waals surface area (Å²) in [6.45, 7) is 0.391. The molecular weight excluding hydrogens is 310 g/mol. The molecule has 0 aromatic rings. The van der Waals surface area contributed by atoms with Crippen molar-refractivity contribution in [1.29, 1.82) is 0 Å². The average Bonchev–Trinajstić information content (AvgIpc) is 2.54. The van der Waals surface area contributed by atoms with Gasteiger partial charge in [0.25, 0.3) is 0 Å². The van der Waals surface area contributed by atoms with Crippen LogP contribution in [0.4, 0.5) is 4.79 Å². The third kappa shape index (κ3) is 9.86. The number of carbonyl (C=O) groups is 3. The van der Waals surface area contributed by atoms with Gasteiger partial charge in [-0.3, -0.25) is 9.59 Å². The van der Waals surface area contributed by atoms with Crippen molar-refractivity contribution in [1.82, 2.24) is 16.0 Å². The van der Waals surface area contributed by atoms with Crippen LogP contribution in [-0.4, -0.2) is 42.1 Å². The molecule has 1 aliphatic rings. The van der Waals surface area contributed by atoms with Crippen molar-refractivity contribution in [2.75, 3.05) is 13.1 Å². The van der Waals surface area contributed by atoms with E-state index in [1.54, 1.807) is 0 Å². The third-order valence-corrected chi connectivity index (χ3v) is 3.90. The predicted molar refractivity (Wildman–Crippen MR) is 91.7 cm³/mol. The molecule has 0 aliphatic carbocycles. The van der Waals surface area contributed by atoms with Crippen LogP contribution >= 0.6 is 0 Å². The maximum Gasteiger partial charge on any atom is 0.404 e. The van der Waals surface area contributed by atoms with Crippen LogP contribution < -0.4 is 16.0 Å². The second-order valence-electron chi connectivity index (χ2n) is 6.02. The SMILES string of the molecule is O=C(O)NCC1NC(=O)CCCCCC/C=C\CCCCNC1=O. The smallest absolute Gasteiger partial charge is 0.404 e. The zero-order valence-corrected chi connectivity index (χ0v) is 14.2. The molecule has 1 rings (SSSR count). The van der Waals surface area contributed by atoms with Gasteiger partial charge in [-0.05, 0) is 38.5 Å². The molecule has 1 atom stereocenters. The van der Waals surface area contributed by atoms with Crippen LogP contribution in [0.5, 0.6) is 0 Å². The van der Waals surface area contributed by atoms with Crippen molar-refractivity contribution in [3.8, 4) is 0 Å². The quantitative estimate of drug-likeness (QED) is 0.577. The van der Waals surface area contributed by atoms with Gasteiger partial charge in [0.2, 0.25) is 11.8 Å². The van der Waals surface area contributed by atoms with Crippen molar-refractivity contribution in [2.45, 2.75) is 63.8 Å². The van der Waals surface area contributed by atoms with Gasteiger partial charge in [0.15, 0.2) is 0 Å². The van der Waals surface area contributed by atoms with E-state index in [-0.39, 0.29) is 18.4 Å². The summed E-state index contributed by atoms with van der Waals surface area (Å²) in [6.07, 6.45) is 11.4. The first-order valence-corrected chi connectivity index (χ1v) is 8.78. The van der Waals surface area contributed by atoms with Crippen LogP contribution in [0.15, 0.2) is 12.2 Å². The minimum Gasteiger partial charge on any atom is -0.465 e. The highest BCUT2D eigenvalue weighted by atomic mass is 16.4. The molecule has 0 saturated carbocycles. The number of carboxylic acid groups (broad SMARTS) is 1. The summed E-state index contributed by atoms with van der Waals surface area (Å²) in [6, 6.07) is -0.871. The molecule has 1 heterocycles. The molecule has 7 heteroatoms. The lowest BCUT2D eigenvalue weighted by Gasteiger charge is -2.18. The molecule has 0 aromatic heterocycles. The predicted octanol–water partition coefficient (Wildman–Crippen LogP) is 1.94. The van der Waals surface area contributed by atoms with Gasteiger partial charge >= 0.3 is 6.09 Å². The second-order valence-corrected chi connectivity index (χ2v) is 6.02. The Labute approximate surface area is 143 Å². The first kappa shape index (κ1) is 20.0. The largest absolute Gasteiger partial charge is 0.465 e. The molecule has 0 saturated heterocycles. The van der Waals surface area contributed by atoms with E-state index in [1.165, 1.54) is 0 Å². The fourth-order valence-electron chi connectivity index (χ4n) is 2.52. The van der Waals surface area contributed by atoms with Crippen LogP contribution in [0.2, 0.25) is 0 Å². The molecule has 0 bridgehead atoms. The Balaban J connectivity index is 2.55. The summed E-state index contributed by atoms with van der Waals surface area (Å²) in [5.74, 6) is -0.566. The highest BCUT2D eigenvalue weighted by molar-refractivity contribution is 5.88. The molecule has 136 valence electrons. The minimum atomic E-state index is -1.22. The number of allylic oxidation sites excluding steroid dienone is 2. The van der Waals surface area contributed by atoms with E-state index < -0.39 is 12.1 Å². The Morgan fingerprint density at radius 2 is 1.75 bits per heavy atom. The van der Waals surface area contributed by atoms with Crippen molar-refractivity contribution in [3.05, 3.63) is 12.2 Å². The van der Waals surface area contributed by atoms with Gasteiger partial charge in [-0.25, -0.2) is 4.79 Å². The van der Waals surface area contributed by atoms with Crippen molar-refractivity contribution in [2.24, 2.45) is 0 Å². The zero-order chi connectivity index (χ0) is 17.6. The highest BCUT2D eigenvalue weighted by Crippen LogP contribution is 2.07. The molecular formula is C17H29N3O4. The molecule has 3 amide bonds. The molecule has 1 unspecified atom stereocenters. The summed E-state index contributed by atoms with van der Waals surface area (Å²) in [5, 5.41) is 16.2. The van der Waals surface area contributed by atoms with Crippen molar-refractivity contribution < 1.29 is 19.5 Å². The van der Waals surface area contributed by atoms with E-state index in [9.17, 15) is 14.4 Å². The molecule has 0 spiro atoms. The van der Waals surface area contributed by atoms with Gasteiger partial charge in [0, 0.05) is 13.0 Å². The lowest BCUT2D eigenvalue weighted by Crippen LogP contribution is -2.52. The fourth-order valence-corrected chi connectivity index (χ4v) is 2.52. The number of hydrogen-bond donors (Lipinski definition) is 4. The van der Waals surface area contributed by atoms with Gasteiger partial charge in [-0.2, -0.15) is 0 Å². The summed E-state index contributed by atoms with van der Waals surface area (Å²) >= 11 is 0. The lowest BCUT2D eigenvalue weighted by atomic mass is 10.1. The van der Waals surface area contributed by atoms with Crippen molar-refractivity contribution in [3.63, 3.8) is 0 Å². The third-order valence-electron chi connectivity index (χ3n) is 3.90. The molecule has 4 N–H and O–H groups in total. The topological polar surface area (TPSA) is 108 Å². The highest BCUT2D eigenvalue weighted by Gasteiger charge is 2.20. The van der Waals surface area contributed by atoms with Gasteiger partial charge in [0.05, 0.1) is 6.54 Å². The second kappa shape index (κ2) is 12.4. The zero-order valence-electron chi connectivity index (χ0n) is 14.2. The summed E-state index contributed by atoms with van der Waals surface area (Å²) < 4.78 is 0. The Hall–Kier alpha value is -2.05. The van der Waals surface area contributed by atoms with E-state index in [0.717, 1.165) is 51.4 Å². The van der Waals surface area contributed by atoms with Crippen LogP contribution in [-0.2, 0) is 9.59 Å². The Bertz CT molecular complexity index is 438. The molecule has 1 aliphatic heterocycles. The number of rotatable bonds is 2. The Morgan fingerprint density at radius 1 is 1.08 bits per heavy atom. The van der Waals surface area contributed by atoms with Gasteiger partial charge in [-0.1, -0.05) is 25.0 Å². The number of carbonyl (C=O) groups excluding carboxylic acids is 2. The molecule has 0 aromatic carbocycles. The summed E-state index contributed by atoms with van der Waals surface area (Å²) in [5.41, 5.74) is 0. The molecule has 7 nitrogen and oxygen atoms in total. The first-order valence-electron chi connectivity index (χ1n) is 8.78. The lowest BCUT2D eigenvalue weighted by molar-refractivity contribution is -0.128. The summed E-state index contributed by atoms with van der Waals surface area (Å²) in [4.78, 5) is 34.7. The van der Waals surface area contributed by atoms with Crippen LogP contribution in [0.3, 0.4) is 0 Å². The summed E-state index contributed by atoms with van der Waals surface area (Å²) in [7, 11) is 0. The number of hydrogen-bond acceptors (Lipinski definition) is 3. The van der Waals surface area contributed by atoms with Crippen LogP contribution in [0.25, 0.3) is 0 Å². The van der Waals surface area contributed by atoms with E-state index in [0.29, 0.717) is 13.0 Å². The Kier molecular flexibility index (Phi) is 10.3. The normalized spacial score (nSPS) is 23.4. The van der Waals surface area contributed by atoms with Gasteiger partial charge in [-0.15, -0.1) is 0 Å². The average molecular weight is 339 g/mol. The standard InChI is InChI=1S/C17H29N3O4/c21-15-11-9-7-5-3-1-2-4-6-8-10-12-18-16(22)14(20-15)13-19-17(23)24/h2,4,14,19H,1,3,5-13H2,(H,18,22)(H,20,21)(H,23,24)/b4-2-. The maximum atomic E-state index is 12.1.